The zero-order valence-electron chi connectivity index (χ0n) is 13.0. The third-order valence-corrected chi connectivity index (χ3v) is 3.75. The van der Waals surface area contributed by atoms with E-state index in [1.165, 1.54) is 19.4 Å². The van der Waals surface area contributed by atoms with Crippen LogP contribution < -0.4 is 10.1 Å². The summed E-state index contributed by atoms with van der Waals surface area (Å²) in [4.78, 5) is 14.9. The minimum atomic E-state index is -0.370. The largest absolute Gasteiger partial charge is 0.496 e. The Kier molecular flexibility index (Phi) is 6.13. The molecule has 0 aliphatic carbocycles. The van der Waals surface area contributed by atoms with Gasteiger partial charge in [0.2, 0.25) is 0 Å². The fraction of sp³-hybridized carbons (Fsp3) is 0.235. The normalized spacial score (nSPS) is 11.4. The SMILES string of the molecule is COc1ccc(C#N)cc1C(CCO)Nc1ncc(C=O)cc1Cl. The van der Waals surface area contributed by atoms with Gasteiger partial charge < -0.3 is 15.2 Å². The lowest BCUT2D eigenvalue weighted by Gasteiger charge is -2.22. The lowest BCUT2D eigenvalue weighted by Crippen LogP contribution is -2.15. The monoisotopic (exact) mass is 345 g/mol. The van der Waals surface area contributed by atoms with Crippen LogP contribution in [0.25, 0.3) is 0 Å². The molecule has 0 fully saturated rings. The Morgan fingerprint density at radius 1 is 1.50 bits per heavy atom. The molecular formula is C17H16ClN3O3. The van der Waals surface area contributed by atoms with E-state index in [0.29, 0.717) is 41.0 Å². The van der Waals surface area contributed by atoms with Gasteiger partial charge in [0.1, 0.15) is 11.6 Å². The van der Waals surface area contributed by atoms with E-state index in [2.05, 4.69) is 16.4 Å². The van der Waals surface area contributed by atoms with Crippen molar-refractivity contribution in [3.8, 4) is 11.8 Å². The van der Waals surface area contributed by atoms with Crippen LogP contribution in [0.4, 0.5) is 5.82 Å². The maximum absolute atomic E-state index is 10.8. The van der Waals surface area contributed by atoms with Gasteiger partial charge in [-0.15, -0.1) is 0 Å². The van der Waals surface area contributed by atoms with Gasteiger partial charge in [-0.2, -0.15) is 5.26 Å². The van der Waals surface area contributed by atoms with Crippen LogP contribution in [0.5, 0.6) is 5.75 Å². The zero-order chi connectivity index (χ0) is 17.5. The van der Waals surface area contributed by atoms with E-state index in [1.807, 2.05) is 0 Å². The average molecular weight is 346 g/mol. The molecular weight excluding hydrogens is 330 g/mol. The fourth-order valence-electron chi connectivity index (χ4n) is 2.30. The summed E-state index contributed by atoms with van der Waals surface area (Å²) in [6, 6.07) is 8.26. The number of benzene rings is 1. The molecule has 7 heteroatoms. The molecule has 0 radical (unpaired) electrons. The minimum Gasteiger partial charge on any atom is -0.496 e. The molecule has 1 unspecified atom stereocenters. The third kappa shape index (κ3) is 4.02. The van der Waals surface area contributed by atoms with Gasteiger partial charge in [-0.05, 0) is 30.7 Å². The Bertz CT molecular complexity index is 774. The standard InChI is InChI=1S/C17H16ClN3O3/c1-24-16-3-2-11(8-19)6-13(16)15(4-5-22)21-17-14(18)7-12(10-23)9-20-17/h2-3,6-7,9-10,15,22H,4-5H2,1H3,(H,20,21). The highest BCUT2D eigenvalue weighted by atomic mass is 35.5. The van der Waals surface area contributed by atoms with Crippen molar-refractivity contribution in [1.29, 1.82) is 5.26 Å². The van der Waals surface area contributed by atoms with Crippen molar-refractivity contribution in [2.75, 3.05) is 19.0 Å². The molecule has 0 saturated carbocycles. The van der Waals surface area contributed by atoms with Crippen molar-refractivity contribution in [3.63, 3.8) is 0 Å². The van der Waals surface area contributed by atoms with Crippen LogP contribution in [0.1, 0.15) is 33.9 Å². The van der Waals surface area contributed by atoms with Gasteiger partial charge in [0, 0.05) is 23.9 Å². The van der Waals surface area contributed by atoms with E-state index in [9.17, 15) is 9.90 Å². The number of aliphatic hydroxyl groups is 1. The predicted octanol–water partition coefficient (Wildman–Crippen LogP) is 2.96. The van der Waals surface area contributed by atoms with Crippen LogP contribution in [-0.4, -0.2) is 30.1 Å². The van der Waals surface area contributed by atoms with Crippen molar-refractivity contribution in [2.45, 2.75) is 12.5 Å². The number of aldehydes is 1. The van der Waals surface area contributed by atoms with Gasteiger partial charge >= 0.3 is 0 Å². The summed E-state index contributed by atoms with van der Waals surface area (Å²) in [5.41, 5.74) is 1.56. The second-order valence-electron chi connectivity index (χ2n) is 4.99. The first-order valence-corrected chi connectivity index (χ1v) is 7.56. The first kappa shape index (κ1) is 17.7. The Balaban J connectivity index is 2.40. The molecule has 1 heterocycles. The number of hydrogen-bond donors (Lipinski definition) is 2. The molecule has 0 bridgehead atoms. The quantitative estimate of drug-likeness (QED) is 0.749. The van der Waals surface area contributed by atoms with Gasteiger partial charge in [-0.3, -0.25) is 4.79 Å². The number of carbonyl (C=O) groups is 1. The first-order chi connectivity index (χ1) is 11.6. The van der Waals surface area contributed by atoms with Crippen molar-refractivity contribution >= 4 is 23.7 Å². The lowest BCUT2D eigenvalue weighted by molar-refractivity contribution is 0.112. The molecule has 1 atom stereocenters. The number of aromatic nitrogens is 1. The van der Waals surface area contributed by atoms with Gasteiger partial charge in [0.05, 0.1) is 29.8 Å². The highest BCUT2D eigenvalue weighted by molar-refractivity contribution is 6.33. The molecule has 2 aromatic rings. The van der Waals surface area contributed by atoms with Crippen LogP contribution in [0.3, 0.4) is 0 Å². The Hall–Kier alpha value is -2.62. The number of aliphatic hydroxyl groups excluding tert-OH is 1. The molecule has 2 rings (SSSR count). The maximum atomic E-state index is 10.8. The number of halogens is 1. The van der Waals surface area contributed by atoms with E-state index in [-0.39, 0.29) is 17.7 Å². The number of rotatable bonds is 7. The van der Waals surface area contributed by atoms with Crippen LogP contribution in [0.2, 0.25) is 5.02 Å². The number of anilines is 1. The molecule has 0 aliphatic heterocycles. The third-order valence-electron chi connectivity index (χ3n) is 3.46. The summed E-state index contributed by atoms with van der Waals surface area (Å²) in [5.74, 6) is 0.964. The number of ether oxygens (including phenoxy) is 1. The van der Waals surface area contributed by atoms with Gasteiger partial charge in [-0.1, -0.05) is 11.6 Å². The van der Waals surface area contributed by atoms with Crippen molar-refractivity contribution in [1.82, 2.24) is 4.98 Å². The molecule has 124 valence electrons. The molecule has 0 aliphatic rings. The first-order valence-electron chi connectivity index (χ1n) is 7.19. The summed E-state index contributed by atoms with van der Waals surface area (Å²) in [6.45, 7) is -0.0817. The molecule has 1 aromatic heterocycles. The summed E-state index contributed by atoms with van der Waals surface area (Å²) >= 11 is 6.14. The number of nitriles is 1. The summed E-state index contributed by atoms with van der Waals surface area (Å²) in [6.07, 6.45) is 2.42. The number of carbonyl (C=O) groups excluding carboxylic acids is 1. The zero-order valence-corrected chi connectivity index (χ0v) is 13.7. The average Bonchev–Trinajstić information content (AvgIpc) is 2.62. The Morgan fingerprint density at radius 3 is 2.88 bits per heavy atom. The van der Waals surface area contributed by atoms with Gasteiger partial charge in [0.25, 0.3) is 0 Å². The van der Waals surface area contributed by atoms with Crippen LogP contribution >= 0.6 is 11.6 Å². The van der Waals surface area contributed by atoms with Crippen molar-refractivity contribution in [3.05, 3.63) is 52.2 Å². The second-order valence-corrected chi connectivity index (χ2v) is 5.40. The smallest absolute Gasteiger partial charge is 0.151 e. The van der Waals surface area contributed by atoms with Crippen LogP contribution in [-0.2, 0) is 0 Å². The summed E-state index contributed by atoms with van der Waals surface area (Å²) < 4.78 is 5.35. The molecule has 24 heavy (non-hydrogen) atoms. The molecule has 1 aromatic carbocycles. The minimum absolute atomic E-state index is 0.0817. The highest BCUT2D eigenvalue weighted by Crippen LogP contribution is 2.32. The number of nitrogens with one attached hydrogen (secondary N) is 1. The van der Waals surface area contributed by atoms with Gasteiger partial charge in [-0.25, -0.2) is 4.98 Å². The molecule has 2 N–H and O–H groups in total. The van der Waals surface area contributed by atoms with E-state index in [0.717, 1.165) is 0 Å². The van der Waals surface area contributed by atoms with Crippen LogP contribution in [0.15, 0.2) is 30.5 Å². The molecule has 0 amide bonds. The maximum Gasteiger partial charge on any atom is 0.151 e. The Morgan fingerprint density at radius 2 is 2.29 bits per heavy atom. The fourth-order valence-corrected chi connectivity index (χ4v) is 2.53. The molecule has 0 saturated heterocycles. The van der Waals surface area contributed by atoms with E-state index >= 15 is 0 Å². The number of pyridine rings is 1. The van der Waals surface area contributed by atoms with Gasteiger partial charge in [0.15, 0.2) is 6.29 Å². The van der Waals surface area contributed by atoms with E-state index in [4.69, 9.17) is 21.6 Å². The summed E-state index contributed by atoms with van der Waals surface area (Å²) in [5, 5.41) is 21.9. The number of nitrogens with zero attached hydrogens (tertiary/aromatic N) is 2. The second kappa shape index (κ2) is 8.29. The lowest BCUT2D eigenvalue weighted by atomic mass is 10.0. The van der Waals surface area contributed by atoms with Crippen LogP contribution in [0, 0.1) is 11.3 Å². The van der Waals surface area contributed by atoms with Crippen molar-refractivity contribution in [2.24, 2.45) is 0 Å². The molecule has 6 nitrogen and oxygen atoms in total. The molecule has 0 spiro atoms. The Labute approximate surface area is 144 Å². The number of methoxy groups -OCH3 is 1. The topological polar surface area (TPSA) is 95.2 Å². The van der Waals surface area contributed by atoms with Crippen molar-refractivity contribution < 1.29 is 14.6 Å². The highest BCUT2D eigenvalue weighted by Gasteiger charge is 2.18. The van der Waals surface area contributed by atoms with E-state index in [1.54, 1.807) is 18.2 Å². The van der Waals surface area contributed by atoms with E-state index < -0.39 is 0 Å². The number of hydrogen-bond acceptors (Lipinski definition) is 6. The predicted molar refractivity (Wildman–Crippen MR) is 90.4 cm³/mol. The summed E-state index contributed by atoms with van der Waals surface area (Å²) in [7, 11) is 1.53.